The molecule has 0 fully saturated rings. The zero-order chi connectivity index (χ0) is 14.3. The highest BCUT2D eigenvalue weighted by molar-refractivity contribution is 5.77. The number of carbonyl (C=O) groups is 1. The molecule has 0 saturated carbocycles. The van der Waals surface area contributed by atoms with Gasteiger partial charge in [-0.05, 0) is 24.1 Å². The molecule has 19 heavy (non-hydrogen) atoms. The number of amides is 1. The zero-order valence-corrected chi connectivity index (χ0v) is 10.8. The summed E-state index contributed by atoms with van der Waals surface area (Å²) >= 11 is 0. The van der Waals surface area contributed by atoms with Crippen LogP contribution in [0.15, 0.2) is 24.3 Å². The molecule has 4 nitrogen and oxygen atoms in total. The summed E-state index contributed by atoms with van der Waals surface area (Å²) in [7, 11) is 0. The van der Waals surface area contributed by atoms with E-state index in [4.69, 9.17) is 5.26 Å². The maximum atomic E-state index is 13.0. The lowest BCUT2D eigenvalue weighted by Gasteiger charge is -2.14. The summed E-state index contributed by atoms with van der Waals surface area (Å²) < 4.78 is 13.0. The van der Waals surface area contributed by atoms with Gasteiger partial charge in [-0.3, -0.25) is 4.79 Å². The minimum absolute atomic E-state index is 0.189. The average molecular weight is 264 g/mol. The van der Waals surface area contributed by atoms with Crippen LogP contribution in [-0.2, 0) is 4.79 Å². The Labute approximate surface area is 111 Å². The molecule has 2 N–H and O–H groups in total. The van der Waals surface area contributed by atoms with E-state index >= 15 is 0 Å². The maximum absolute atomic E-state index is 13.0. The number of nitriles is 1. The fourth-order valence-corrected chi connectivity index (χ4v) is 1.72. The van der Waals surface area contributed by atoms with Crippen LogP contribution in [0.3, 0.4) is 0 Å². The van der Waals surface area contributed by atoms with Crippen molar-refractivity contribution < 1.29 is 14.3 Å². The van der Waals surface area contributed by atoms with E-state index in [-0.39, 0.29) is 6.42 Å². The van der Waals surface area contributed by atoms with Gasteiger partial charge in [0.1, 0.15) is 11.9 Å². The molecule has 0 aliphatic rings. The predicted molar refractivity (Wildman–Crippen MR) is 68.4 cm³/mol. The van der Waals surface area contributed by atoms with Gasteiger partial charge in [-0.25, -0.2) is 4.39 Å². The second kappa shape index (κ2) is 7.49. The Morgan fingerprint density at radius 1 is 1.58 bits per heavy atom. The van der Waals surface area contributed by atoms with Gasteiger partial charge in [0.15, 0.2) is 0 Å². The fraction of sp³-hybridized carbons (Fsp3) is 0.429. The van der Waals surface area contributed by atoms with E-state index in [1.165, 1.54) is 18.2 Å². The van der Waals surface area contributed by atoms with E-state index in [1.807, 2.05) is 13.0 Å². The lowest BCUT2D eigenvalue weighted by molar-refractivity contribution is -0.123. The fourth-order valence-electron chi connectivity index (χ4n) is 1.72. The van der Waals surface area contributed by atoms with Crippen LogP contribution >= 0.6 is 0 Å². The highest BCUT2D eigenvalue weighted by Gasteiger charge is 2.16. The Morgan fingerprint density at radius 3 is 2.89 bits per heavy atom. The van der Waals surface area contributed by atoms with E-state index in [0.717, 1.165) is 6.42 Å². The number of nitrogens with one attached hydrogen (secondary N) is 1. The summed E-state index contributed by atoms with van der Waals surface area (Å²) in [4.78, 5) is 11.6. The average Bonchev–Trinajstić information content (AvgIpc) is 2.38. The van der Waals surface area contributed by atoms with Crippen molar-refractivity contribution >= 4 is 5.91 Å². The molecule has 1 rings (SSSR count). The second-order valence-electron chi connectivity index (χ2n) is 4.31. The Morgan fingerprint density at radius 2 is 2.32 bits per heavy atom. The van der Waals surface area contributed by atoms with Gasteiger partial charge >= 0.3 is 0 Å². The summed E-state index contributed by atoms with van der Waals surface area (Å²) in [6, 6.07) is 6.92. The molecule has 1 aromatic rings. The number of hydrogen-bond donors (Lipinski definition) is 2. The van der Waals surface area contributed by atoms with Crippen LogP contribution in [-0.4, -0.2) is 17.1 Å². The Bertz CT molecular complexity index is 471. The number of benzene rings is 1. The van der Waals surface area contributed by atoms with Crippen molar-refractivity contribution in [2.24, 2.45) is 0 Å². The van der Waals surface area contributed by atoms with Gasteiger partial charge in [0.25, 0.3) is 0 Å². The van der Waals surface area contributed by atoms with Gasteiger partial charge < -0.3 is 10.4 Å². The van der Waals surface area contributed by atoms with Crippen molar-refractivity contribution in [2.75, 3.05) is 0 Å². The molecule has 2 atom stereocenters. The van der Waals surface area contributed by atoms with Crippen LogP contribution in [0.1, 0.15) is 37.9 Å². The van der Waals surface area contributed by atoms with Crippen LogP contribution in [0.25, 0.3) is 0 Å². The number of rotatable bonds is 6. The minimum Gasteiger partial charge on any atom is -0.388 e. The Balaban J connectivity index is 2.55. The third kappa shape index (κ3) is 5.06. The number of halogens is 1. The molecule has 0 aromatic heterocycles. The molecular formula is C14H17FN2O2. The topological polar surface area (TPSA) is 73.1 Å². The maximum Gasteiger partial charge on any atom is 0.223 e. The number of aliphatic hydroxyl groups is 1. The van der Waals surface area contributed by atoms with E-state index in [9.17, 15) is 14.3 Å². The lowest BCUT2D eigenvalue weighted by Crippen LogP contribution is -2.34. The summed E-state index contributed by atoms with van der Waals surface area (Å²) in [6.45, 7) is 1.91. The molecule has 0 spiro atoms. The van der Waals surface area contributed by atoms with E-state index < -0.39 is 23.9 Å². The van der Waals surface area contributed by atoms with Crippen molar-refractivity contribution in [3.63, 3.8) is 0 Å². The van der Waals surface area contributed by atoms with Gasteiger partial charge in [0, 0.05) is 0 Å². The molecule has 1 aromatic carbocycles. The molecular weight excluding hydrogens is 247 g/mol. The van der Waals surface area contributed by atoms with Crippen molar-refractivity contribution in [3.8, 4) is 6.07 Å². The molecule has 0 aliphatic heterocycles. The number of aliphatic hydroxyl groups excluding tert-OH is 1. The Hall–Kier alpha value is -1.93. The molecule has 0 bridgehead atoms. The van der Waals surface area contributed by atoms with Crippen molar-refractivity contribution in [1.29, 1.82) is 5.26 Å². The van der Waals surface area contributed by atoms with Gasteiger partial charge in [-0.15, -0.1) is 0 Å². The number of nitrogens with zero attached hydrogens (tertiary/aromatic N) is 1. The second-order valence-corrected chi connectivity index (χ2v) is 4.31. The summed E-state index contributed by atoms with van der Waals surface area (Å²) in [5.74, 6) is -0.880. The van der Waals surface area contributed by atoms with Gasteiger partial charge in [-0.2, -0.15) is 5.26 Å². The van der Waals surface area contributed by atoms with Crippen LogP contribution in [0.2, 0.25) is 0 Å². The number of hydrogen-bond acceptors (Lipinski definition) is 3. The first-order valence-corrected chi connectivity index (χ1v) is 6.19. The molecule has 0 radical (unpaired) electrons. The van der Waals surface area contributed by atoms with Crippen molar-refractivity contribution in [1.82, 2.24) is 5.32 Å². The van der Waals surface area contributed by atoms with Gasteiger partial charge in [0.05, 0.1) is 18.6 Å². The first kappa shape index (κ1) is 15.1. The predicted octanol–water partition coefficient (Wildman–Crippen LogP) is 2.06. The van der Waals surface area contributed by atoms with Crippen LogP contribution in [0.4, 0.5) is 4.39 Å². The zero-order valence-electron chi connectivity index (χ0n) is 10.8. The number of carbonyl (C=O) groups excluding carboxylic acids is 1. The quantitative estimate of drug-likeness (QED) is 0.826. The summed E-state index contributed by atoms with van der Waals surface area (Å²) in [5, 5.41) is 21.2. The summed E-state index contributed by atoms with van der Waals surface area (Å²) in [5.41, 5.74) is 0.346. The molecule has 0 heterocycles. The Kier molecular flexibility index (Phi) is 5.97. The van der Waals surface area contributed by atoms with Crippen LogP contribution < -0.4 is 5.32 Å². The molecule has 0 aliphatic carbocycles. The van der Waals surface area contributed by atoms with Gasteiger partial charge in [-0.1, -0.05) is 25.5 Å². The highest BCUT2D eigenvalue weighted by atomic mass is 19.1. The van der Waals surface area contributed by atoms with Gasteiger partial charge in [0.2, 0.25) is 5.91 Å². The smallest absolute Gasteiger partial charge is 0.223 e. The molecule has 2 unspecified atom stereocenters. The SMILES string of the molecule is CCCC(C#N)NC(=O)CC(O)c1cccc(F)c1. The minimum atomic E-state index is -1.07. The van der Waals surface area contributed by atoms with E-state index in [0.29, 0.717) is 12.0 Å². The molecule has 102 valence electrons. The first-order chi connectivity index (χ1) is 9.06. The first-order valence-electron chi connectivity index (χ1n) is 6.19. The van der Waals surface area contributed by atoms with Crippen molar-refractivity contribution in [3.05, 3.63) is 35.6 Å². The standard InChI is InChI=1S/C14H17FN2O2/c1-2-4-12(9-16)17-14(19)8-13(18)10-5-3-6-11(15)7-10/h3,5-7,12-13,18H,2,4,8H2,1H3,(H,17,19). The molecule has 5 heteroatoms. The third-order valence-electron chi connectivity index (χ3n) is 2.68. The van der Waals surface area contributed by atoms with E-state index in [1.54, 1.807) is 6.07 Å². The van der Waals surface area contributed by atoms with E-state index in [2.05, 4.69) is 5.32 Å². The highest BCUT2D eigenvalue weighted by Crippen LogP contribution is 2.17. The normalized spacial score (nSPS) is 13.4. The molecule has 1 amide bonds. The summed E-state index contributed by atoms with van der Waals surface area (Å²) in [6.07, 6.45) is 0.0888. The van der Waals surface area contributed by atoms with Crippen LogP contribution in [0.5, 0.6) is 0 Å². The lowest BCUT2D eigenvalue weighted by atomic mass is 10.1. The molecule has 0 saturated heterocycles. The van der Waals surface area contributed by atoms with Crippen molar-refractivity contribution in [2.45, 2.75) is 38.3 Å². The third-order valence-corrected chi connectivity index (χ3v) is 2.68. The van der Waals surface area contributed by atoms with Crippen LogP contribution in [0, 0.1) is 17.1 Å². The largest absolute Gasteiger partial charge is 0.388 e. The monoisotopic (exact) mass is 264 g/mol.